The molecular weight excluding hydrogens is 281 g/mol. The van der Waals surface area contributed by atoms with E-state index in [1.54, 1.807) is 20.2 Å². The third-order valence-corrected chi connectivity index (χ3v) is 3.17. The highest BCUT2D eigenvalue weighted by Crippen LogP contribution is 2.12. The maximum Gasteiger partial charge on any atom is 0.191 e. The summed E-state index contributed by atoms with van der Waals surface area (Å²) >= 11 is 0. The molecule has 0 aliphatic rings. The van der Waals surface area contributed by atoms with Crippen LogP contribution < -0.4 is 15.4 Å². The number of aliphatic imine (C=N–C) groups is 1. The Hall–Kier alpha value is -2.56. The largest absolute Gasteiger partial charge is 0.497 e. The number of nitrogens with one attached hydrogen (secondary N) is 2. The molecule has 0 fully saturated rings. The van der Waals surface area contributed by atoms with Gasteiger partial charge in [0.1, 0.15) is 11.6 Å². The average molecular weight is 301 g/mol. The number of nitrogens with zero attached hydrogens (tertiary/aromatic N) is 1. The van der Waals surface area contributed by atoms with E-state index in [1.807, 2.05) is 30.3 Å². The van der Waals surface area contributed by atoms with E-state index >= 15 is 0 Å². The number of rotatable bonds is 5. The highest BCUT2D eigenvalue weighted by molar-refractivity contribution is 5.79. The van der Waals surface area contributed by atoms with E-state index in [1.165, 1.54) is 12.1 Å². The second-order valence-electron chi connectivity index (χ2n) is 4.76. The van der Waals surface area contributed by atoms with Crippen molar-refractivity contribution in [3.8, 4) is 5.75 Å². The molecule has 0 heterocycles. The second kappa shape index (κ2) is 8.02. The van der Waals surface area contributed by atoms with Crippen molar-refractivity contribution in [1.29, 1.82) is 0 Å². The summed E-state index contributed by atoms with van der Waals surface area (Å²) in [5.74, 6) is 1.24. The summed E-state index contributed by atoms with van der Waals surface area (Å²) in [5.41, 5.74) is 1.96. The number of methoxy groups -OCH3 is 1. The summed E-state index contributed by atoms with van der Waals surface area (Å²) < 4.78 is 18.3. The lowest BCUT2D eigenvalue weighted by atomic mass is 10.2. The van der Waals surface area contributed by atoms with Gasteiger partial charge in [-0.05, 0) is 35.4 Å². The van der Waals surface area contributed by atoms with Crippen LogP contribution in [0.3, 0.4) is 0 Å². The molecule has 2 aromatic carbocycles. The Kier molecular flexibility index (Phi) is 5.77. The van der Waals surface area contributed by atoms with Gasteiger partial charge in [0.2, 0.25) is 0 Å². The monoisotopic (exact) mass is 301 g/mol. The third kappa shape index (κ3) is 4.77. The van der Waals surface area contributed by atoms with Crippen molar-refractivity contribution in [2.75, 3.05) is 14.2 Å². The van der Waals surface area contributed by atoms with E-state index in [4.69, 9.17) is 4.74 Å². The van der Waals surface area contributed by atoms with Crippen LogP contribution >= 0.6 is 0 Å². The molecule has 4 nitrogen and oxygen atoms in total. The van der Waals surface area contributed by atoms with Crippen molar-refractivity contribution in [1.82, 2.24) is 10.6 Å². The predicted octanol–water partition coefficient (Wildman–Crippen LogP) is 2.70. The first-order valence-electron chi connectivity index (χ1n) is 7.03. The van der Waals surface area contributed by atoms with Gasteiger partial charge in [-0.15, -0.1) is 0 Å². The fraction of sp³-hybridized carbons (Fsp3) is 0.235. The topological polar surface area (TPSA) is 45.7 Å². The van der Waals surface area contributed by atoms with Gasteiger partial charge in [0.25, 0.3) is 0 Å². The minimum atomic E-state index is -0.237. The molecule has 0 saturated heterocycles. The molecule has 0 aliphatic carbocycles. The zero-order valence-electron chi connectivity index (χ0n) is 12.8. The van der Waals surface area contributed by atoms with Crippen LogP contribution in [0.1, 0.15) is 11.1 Å². The summed E-state index contributed by atoms with van der Waals surface area (Å²) in [7, 11) is 3.35. The molecule has 0 amide bonds. The zero-order chi connectivity index (χ0) is 15.8. The Balaban J connectivity index is 1.87. The van der Waals surface area contributed by atoms with Crippen LogP contribution in [0, 0.1) is 5.82 Å². The first kappa shape index (κ1) is 15.8. The molecule has 0 saturated carbocycles. The Labute approximate surface area is 130 Å². The van der Waals surface area contributed by atoms with E-state index in [0.717, 1.165) is 16.9 Å². The number of guanidine groups is 1. The smallest absolute Gasteiger partial charge is 0.191 e. The summed E-state index contributed by atoms with van der Waals surface area (Å²) in [6.45, 7) is 1.13. The quantitative estimate of drug-likeness (QED) is 0.659. The van der Waals surface area contributed by atoms with Gasteiger partial charge in [0.15, 0.2) is 5.96 Å². The molecule has 2 aromatic rings. The molecule has 2 N–H and O–H groups in total. The number of hydrogen-bond acceptors (Lipinski definition) is 2. The molecule has 2 rings (SSSR count). The lowest BCUT2D eigenvalue weighted by molar-refractivity contribution is 0.414. The minimum absolute atomic E-state index is 0.237. The zero-order valence-corrected chi connectivity index (χ0v) is 12.8. The normalized spacial score (nSPS) is 11.1. The van der Waals surface area contributed by atoms with Crippen LogP contribution in [-0.2, 0) is 13.1 Å². The van der Waals surface area contributed by atoms with Crippen LogP contribution in [0.5, 0.6) is 5.75 Å². The highest BCUT2D eigenvalue weighted by Gasteiger charge is 2.01. The number of halogens is 1. The molecule has 5 heteroatoms. The van der Waals surface area contributed by atoms with Crippen LogP contribution in [-0.4, -0.2) is 20.1 Å². The third-order valence-electron chi connectivity index (χ3n) is 3.17. The standard InChI is InChI=1S/C17H20FN3O/c1-19-17(20-11-13-5-3-7-15(18)9-13)21-12-14-6-4-8-16(10-14)22-2/h3-10H,11-12H2,1-2H3,(H2,19,20,21). The lowest BCUT2D eigenvalue weighted by Gasteiger charge is -2.12. The molecule has 0 spiro atoms. The van der Waals surface area contributed by atoms with Crippen LogP contribution in [0.15, 0.2) is 53.5 Å². The van der Waals surface area contributed by atoms with Gasteiger partial charge in [0, 0.05) is 20.1 Å². The first-order chi connectivity index (χ1) is 10.7. The molecule has 0 aromatic heterocycles. The minimum Gasteiger partial charge on any atom is -0.497 e. The van der Waals surface area contributed by atoms with E-state index in [-0.39, 0.29) is 5.82 Å². The highest BCUT2D eigenvalue weighted by atomic mass is 19.1. The second-order valence-corrected chi connectivity index (χ2v) is 4.76. The van der Waals surface area contributed by atoms with Crippen LogP contribution in [0.25, 0.3) is 0 Å². The molecule has 116 valence electrons. The van der Waals surface area contributed by atoms with E-state index < -0.39 is 0 Å². The van der Waals surface area contributed by atoms with Gasteiger partial charge in [-0.3, -0.25) is 4.99 Å². The summed E-state index contributed by atoms with van der Waals surface area (Å²) in [6.07, 6.45) is 0. The Morgan fingerprint density at radius 1 is 1.05 bits per heavy atom. The molecule has 0 radical (unpaired) electrons. The first-order valence-corrected chi connectivity index (χ1v) is 7.03. The number of benzene rings is 2. The molecule has 0 atom stereocenters. The molecular formula is C17H20FN3O. The maximum absolute atomic E-state index is 13.1. The van der Waals surface area contributed by atoms with Gasteiger partial charge in [-0.2, -0.15) is 0 Å². The van der Waals surface area contributed by atoms with Crippen LogP contribution in [0.4, 0.5) is 4.39 Å². The molecule has 0 aliphatic heterocycles. The maximum atomic E-state index is 13.1. The Morgan fingerprint density at radius 2 is 1.68 bits per heavy atom. The summed E-state index contributed by atoms with van der Waals surface area (Å²) in [6, 6.07) is 14.3. The Bertz CT molecular complexity index is 643. The van der Waals surface area contributed by atoms with Crippen molar-refractivity contribution in [2.24, 2.45) is 4.99 Å². The van der Waals surface area contributed by atoms with Crippen molar-refractivity contribution in [3.63, 3.8) is 0 Å². The molecule has 22 heavy (non-hydrogen) atoms. The average Bonchev–Trinajstić information content (AvgIpc) is 2.55. The predicted molar refractivity (Wildman–Crippen MR) is 86.4 cm³/mol. The molecule has 0 bridgehead atoms. The van der Waals surface area contributed by atoms with Crippen molar-refractivity contribution >= 4 is 5.96 Å². The van der Waals surface area contributed by atoms with E-state index in [9.17, 15) is 4.39 Å². The van der Waals surface area contributed by atoms with Gasteiger partial charge in [-0.25, -0.2) is 4.39 Å². The van der Waals surface area contributed by atoms with Crippen molar-refractivity contribution in [3.05, 3.63) is 65.5 Å². The van der Waals surface area contributed by atoms with Crippen molar-refractivity contribution in [2.45, 2.75) is 13.1 Å². The van der Waals surface area contributed by atoms with Crippen molar-refractivity contribution < 1.29 is 9.13 Å². The summed E-state index contributed by atoms with van der Waals surface area (Å²) in [4.78, 5) is 4.15. The fourth-order valence-corrected chi connectivity index (χ4v) is 2.02. The van der Waals surface area contributed by atoms with Gasteiger partial charge < -0.3 is 15.4 Å². The van der Waals surface area contributed by atoms with E-state index in [0.29, 0.717) is 19.0 Å². The number of hydrogen-bond donors (Lipinski definition) is 2. The van der Waals surface area contributed by atoms with Gasteiger partial charge in [-0.1, -0.05) is 24.3 Å². The molecule has 0 unspecified atom stereocenters. The number of ether oxygens (including phenoxy) is 1. The van der Waals surface area contributed by atoms with Gasteiger partial charge in [0.05, 0.1) is 7.11 Å². The van der Waals surface area contributed by atoms with E-state index in [2.05, 4.69) is 15.6 Å². The lowest BCUT2D eigenvalue weighted by Crippen LogP contribution is -2.36. The summed E-state index contributed by atoms with van der Waals surface area (Å²) in [5, 5.41) is 6.36. The Morgan fingerprint density at radius 3 is 2.27 bits per heavy atom. The van der Waals surface area contributed by atoms with Gasteiger partial charge >= 0.3 is 0 Å². The fourth-order valence-electron chi connectivity index (χ4n) is 2.02. The SMILES string of the molecule is CN=C(NCc1cccc(F)c1)NCc1cccc(OC)c1. The van der Waals surface area contributed by atoms with Crippen LogP contribution in [0.2, 0.25) is 0 Å².